The summed E-state index contributed by atoms with van der Waals surface area (Å²) < 4.78 is 5.21. The van der Waals surface area contributed by atoms with Crippen LogP contribution in [0.4, 0.5) is 5.69 Å². The zero-order valence-electron chi connectivity index (χ0n) is 12.2. The van der Waals surface area contributed by atoms with E-state index in [1.807, 2.05) is 30.3 Å². The van der Waals surface area contributed by atoms with E-state index >= 15 is 0 Å². The fourth-order valence-corrected chi connectivity index (χ4v) is 1.70. The maximum Gasteiger partial charge on any atom is 0.273 e. The Hall–Kier alpha value is -3.33. The summed E-state index contributed by atoms with van der Waals surface area (Å²) in [5, 5.41) is 13.2. The van der Waals surface area contributed by atoms with Gasteiger partial charge in [-0.25, -0.2) is 0 Å². The number of nitrogens with zero attached hydrogens (tertiary/aromatic N) is 1. The minimum atomic E-state index is -0.522. The molecule has 0 fully saturated rings. The van der Waals surface area contributed by atoms with E-state index in [1.54, 1.807) is 6.07 Å². The van der Waals surface area contributed by atoms with Crippen LogP contribution in [0.5, 0.6) is 5.75 Å². The molecule has 6 heteroatoms. The molecular weight excluding hydrogens is 296 g/mol. The molecule has 2 aromatic carbocycles. The van der Waals surface area contributed by atoms with Crippen LogP contribution >= 0.6 is 0 Å². The van der Waals surface area contributed by atoms with Crippen molar-refractivity contribution in [3.8, 4) is 17.6 Å². The zero-order valence-corrected chi connectivity index (χ0v) is 12.2. The summed E-state index contributed by atoms with van der Waals surface area (Å²) in [7, 11) is 0. The van der Waals surface area contributed by atoms with E-state index in [1.165, 1.54) is 18.2 Å². The van der Waals surface area contributed by atoms with Gasteiger partial charge in [0.1, 0.15) is 5.75 Å². The number of hydrogen-bond acceptors (Lipinski definition) is 4. The summed E-state index contributed by atoms with van der Waals surface area (Å²) >= 11 is 0. The number of amides is 1. The first-order valence-electron chi connectivity index (χ1n) is 6.83. The molecule has 0 heterocycles. The third-order valence-corrected chi connectivity index (χ3v) is 2.78. The first kappa shape index (κ1) is 16.0. The van der Waals surface area contributed by atoms with Crippen molar-refractivity contribution in [1.82, 2.24) is 5.32 Å². The predicted octanol–water partition coefficient (Wildman–Crippen LogP) is 2.14. The third kappa shape index (κ3) is 5.52. The maximum atomic E-state index is 11.6. The molecule has 23 heavy (non-hydrogen) atoms. The molecule has 0 bridgehead atoms. The van der Waals surface area contributed by atoms with Crippen LogP contribution in [-0.4, -0.2) is 24.0 Å². The summed E-state index contributed by atoms with van der Waals surface area (Å²) in [6.07, 6.45) is 0. The molecule has 6 nitrogen and oxygen atoms in total. The van der Waals surface area contributed by atoms with E-state index in [2.05, 4.69) is 17.2 Å². The van der Waals surface area contributed by atoms with Crippen molar-refractivity contribution in [1.29, 1.82) is 0 Å². The minimum Gasteiger partial charge on any atom is -0.484 e. The number of benzene rings is 2. The summed E-state index contributed by atoms with van der Waals surface area (Å²) in [5.74, 6) is 5.66. The highest BCUT2D eigenvalue weighted by Gasteiger charge is 2.07. The molecule has 2 aromatic rings. The standard InChI is InChI=1S/C17H14N2O4/c20-17(18-11-5-8-14-6-2-1-3-7-14)13-23-16-10-4-9-15(12-16)19(21)22/h1-4,6-7,9-10,12H,11,13H2,(H,18,20). The molecule has 0 spiro atoms. The fraction of sp³-hybridized carbons (Fsp3) is 0.118. The lowest BCUT2D eigenvalue weighted by Crippen LogP contribution is -2.29. The Bertz CT molecular complexity index is 748. The number of carbonyl (C=O) groups excluding carboxylic acids is 1. The molecule has 0 aliphatic heterocycles. The molecule has 0 aromatic heterocycles. The number of ether oxygens (including phenoxy) is 1. The van der Waals surface area contributed by atoms with Crippen molar-refractivity contribution in [2.45, 2.75) is 0 Å². The number of nitro groups is 1. The van der Waals surface area contributed by atoms with E-state index in [0.29, 0.717) is 0 Å². The van der Waals surface area contributed by atoms with E-state index in [-0.39, 0.29) is 30.5 Å². The Morgan fingerprint density at radius 3 is 2.70 bits per heavy atom. The van der Waals surface area contributed by atoms with Crippen molar-refractivity contribution in [3.05, 3.63) is 70.3 Å². The highest BCUT2D eigenvalue weighted by molar-refractivity contribution is 5.77. The zero-order chi connectivity index (χ0) is 16.5. The van der Waals surface area contributed by atoms with Gasteiger partial charge in [0.15, 0.2) is 6.61 Å². The molecule has 0 saturated carbocycles. The van der Waals surface area contributed by atoms with Crippen LogP contribution in [-0.2, 0) is 4.79 Å². The maximum absolute atomic E-state index is 11.6. The molecule has 0 saturated heterocycles. The van der Waals surface area contributed by atoms with Gasteiger partial charge in [0.2, 0.25) is 0 Å². The van der Waals surface area contributed by atoms with Gasteiger partial charge >= 0.3 is 0 Å². The monoisotopic (exact) mass is 310 g/mol. The Labute approximate surface area is 133 Å². The van der Waals surface area contributed by atoms with Crippen molar-refractivity contribution in [2.75, 3.05) is 13.2 Å². The molecule has 0 radical (unpaired) electrons. The van der Waals surface area contributed by atoms with Gasteiger partial charge in [0, 0.05) is 11.6 Å². The molecule has 0 aliphatic carbocycles. The van der Waals surface area contributed by atoms with Crippen LogP contribution in [0.1, 0.15) is 5.56 Å². The summed E-state index contributed by atoms with van der Waals surface area (Å²) in [4.78, 5) is 21.7. The summed E-state index contributed by atoms with van der Waals surface area (Å²) in [5.41, 5.74) is 0.784. The SMILES string of the molecule is O=C(COc1cccc([N+](=O)[O-])c1)NCC#Cc1ccccc1. The van der Waals surface area contributed by atoms with Gasteiger partial charge in [-0.1, -0.05) is 36.1 Å². The molecule has 116 valence electrons. The first-order chi connectivity index (χ1) is 11.1. The highest BCUT2D eigenvalue weighted by Crippen LogP contribution is 2.18. The Balaban J connectivity index is 1.76. The van der Waals surface area contributed by atoms with Gasteiger partial charge in [-0.05, 0) is 18.2 Å². The number of nitrogens with one attached hydrogen (secondary N) is 1. The fourth-order valence-electron chi connectivity index (χ4n) is 1.70. The topological polar surface area (TPSA) is 81.5 Å². The van der Waals surface area contributed by atoms with E-state index in [0.717, 1.165) is 5.56 Å². The van der Waals surface area contributed by atoms with Crippen molar-refractivity contribution in [3.63, 3.8) is 0 Å². The van der Waals surface area contributed by atoms with Crippen molar-refractivity contribution >= 4 is 11.6 Å². The smallest absolute Gasteiger partial charge is 0.273 e. The predicted molar refractivity (Wildman–Crippen MR) is 84.9 cm³/mol. The lowest BCUT2D eigenvalue weighted by atomic mass is 10.2. The second-order valence-corrected chi connectivity index (χ2v) is 4.49. The van der Waals surface area contributed by atoms with E-state index in [4.69, 9.17) is 4.74 Å². The second-order valence-electron chi connectivity index (χ2n) is 4.49. The average molecular weight is 310 g/mol. The van der Waals surface area contributed by atoms with Crippen molar-refractivity contribution in [2.24, 2.45) is 0 Å². The van der Waals surface area contributed by atoms with Crippen LogP contribution in [0.3, 0.4) is 0 Å². The number of nitro benzene ring substituents is 1. The van der Waals surface area contributed by atoms with E-state index in [9.17, 15) is 14.9 Å². The Kier molecular flexibility index (Phi) is 5.72. The van der Waals surface area contributed by atoms with Gasteiger partial charge in [-0.2, -0.15) is 0 Å². The number of non-ortho nitro benzene ring substituents is 1. The second kappa shape index (κ2) is 8.20. The van der Waals surface area contributed by atoms with Crippen LogP contribution in [0, 0.1) is 22.0 Å². The highest BCUT2D eigenvalue weighted by atomic mass is 16.6. The Morgan fingerprint density at radius 2 is 1.96 bits per heavy atom. The number of carbonyl (C=O) groups is 1. The third-order valence-electron chi connectivity index (χ3n) is 2.78. The molecule has 0 aliphatic rings. The van der Waals surface area contributed by atoms with Crippen molar-refractivity contribution < 1.29 is 14.5 Å². The number of hydrogen-bond donors (Lipinski definition) is 1. The molecule has 1 amide bonds. The number of rotatable bonds is 5. The van der Waals surface area contributed by atoms with E-state index < -0.39 is 4.92 Å². The summed E-state index contributed by atoms with van der Waals surface area (Å²) in [6, 6.07) is 15.1. The summed E-state index contributed by atoms with van der Waals surface area (Å²) in [6.45, 7) is -0.0276. The largest absolute Gasteiger partial charge is 0.484 e. The minimum absolute atomic E-state index is 0.0864. The molecule has 0 atom stereocenters. The van der Waals surface area contributed by atoms with Crippen LogP contribution in [0.15, 0.2) is 54.6 Å². The molecular formula is C17H14N2O4. The van der Waals surface area contributed by atoms with Crippen LogP contribution < -0.4 is 10.1 Å². The van der Waals surface area contributed by atoms with Gasteiger partial charge in [0.05, 0.1) is 17.5 Å². The van der Waals surface area contributed by atoms with Gasteiger partial charge in [-0.15, -0.1) is 0 Å². The first-order valence-corrected chi connectivity index (χ1v) is 6.83. The van der Waals surface area contributed by atoms with Crippen LogP contribution in [0.25, 0.3) is 0 Å². The average Bonchev–Trinajstić information content (AvgIpc) is 2.58. The quantitative estimate of drug-likeness (QED) is 0.521. The molecule has 1 N–H and O–H groups in total. The molecule has 0 unspecified atom stereocenters. The van der Waals surface area contributed by atoms with Gasteiger partial charge in [-0.3, -0.25) is 14.9 Å². The molecule has 2 rings (SSSR count). The lowest BCUT2D eigenvalue weighted by molar-refractivity contribution is -0.384. The van der Waals surface area contributed by atoms with Gasteiger partial charge in [0.25, 0.3) is 11.6 Å². The van der Waals surface area contributed by atoms with Crippen LogP contribution in [0.2, 0.25) is 0 Å². The normalized spacial score (nSPS) is 9.39. The Morgan fingerprint density at radius 1 is 1.17 bits per heavy atom. The van der Waals surface area contributed by atoms with Gasteiger partial charge < -0.3 is 10.1 Å². The lowest BCUT2D eigenvalue weighted by Gasteiger charge is -2.05.